The number of amides is 1. The van der Waals surface area contributed by atoms with Crippen molar-refractivity contribution >= 4 is 12.1 Å². The predicted octanol–water partition coefficient (Wildman–Crippen LogP) is 3.93. The molecule has 28 heavy (non-hydrogen) atoms. The zero-order chi connectivity index (χ0) is 20.1. The van der Waals surface area contributed by atoms with Crippen LogP contribution in [0.1, 0.15) is 22.5 Å². The van der Waals surface area contributed by atoms with E-state index in [1.165, 1.54) is 12.1 Å². The van der Waals surface area contributed by atoms with E-state index in [1.807, 2.05) is 44.2 Å². The lowest BCUT2D eigenvalue weighted by Crippen LogP contribution is -2.19. The second-order valence-electron chi connectivity index (χ2n) is 6.46. The maximum absolute atomic E-state index is 12.9. The van der Waals surface area contributed by atoms with Gasteiger partial charge in [0.2, 0.25) is 5.91 Å². The third-order valence-corrected chi connectivity index (χ3v) is 4.45. The Morgan fingerprint density at radius 3 is 2.64 bits per heavy atom. The lowest BCUT2D eigenvalue weighted by Gasteiger charge is -2.11. The van der Waals surface area contributed by atoms with Gasteiger partial charge in [0.1, 0.15) is 11.6 Å². The summed E-state index contributed by atoms with van der Waals surface area (Å²) in [4.78, 5) is 12.0. The Labute approximate surface area is 163 Å². The molecule has 0 fully saturated rings. The number of aryl methyl sites for hydroxylation is 1. The molecule has 1 N–H and O–H groups in total. The van der Waals surface area contributed by atoms with Crippen molar-refractivity contribution in [2.75, 3.05) is 7.11 Å². The van der Waals surface area contributed by atoms with Gasteiger partial charge < -0.3 is 9.30 Å². The van der Waals surface area contributed by atoms with Crippen LogP contribution in [0.3, 0.4) is 0 Å². The summed E-state index contributed by atoms with van der Waals surface area (Å²) in [6.45, 7) is 4.01. The molecule has 144 valence electrons. The average Bonchev–Trinajstić information content (AvgIpc) is 2.97. The van der Waals surface area contributed by atoms with Crippen LogP contribution in [0.4, 0.5) is 4.39 Å². The molecule has 0 aliphatic heterocycles. The van der Waals surface area contributed by atoms with Crippen LogP contribution in [-0.2, 0) is 11.2 Å². The first-order valence-electron chi connectivity index (χ1n) is 8.87. The molecule has 3 aromatic rings. The molecule has 0 bridgehead atoms. The minimum Gasteiger partial charge on any atom is -0.497 e. The molecule has 5 nitrogen and oxygen atoms in total. The van der Waals surface area contributed by atoms with E-state index in [9.17, 15) is 9.18 Å². The molecule has 0 spiro atoms. The minimum absolute atomic E-state index is 0.139. The van der Waals surface area contributed by atoms with Crippen molar-refractivity contribution in [3.63, 3.8) is 0 Å². The molecule has 0 aliphatic carbocycles. The number of halogens is 1. The SMILES string of the molecule is COc1cccc(-n2c(C)cc(/C=N\NC(=O)Cc3ccc(F)cc3)c2C)c1. The fourth-order valence-electron chi connectivity index (χ4n) is 3.07. The van der Waals surface area contributed by atoms with Crippen LogP contribution in [0.15, 0.2) is 59.7 Å². The summed E-state index contributed by atoms with van der Waals surface area (Å²) in [5, 5.41) is 4.06. The molecule has 3 rings (SSSR count). The average molecular weight is 379 g/mol. The largest absolute Gasteiger partial charge is 0.497 e. The molecular weight excluding hydrogens is 357 g/mol. The number of carbonyl (C=O) groups excluding carboxylic acids is 1. The molecule has 1 aromatic heterocycles. The molecule has 0 unspecified atom stereocenters. The predicted molar refractivity (Wildman–Crippen MR) is 108 cm³/mol. The second-order valence-corrected chi connectivity index (χ2v) is 6.46. The Bertz CT molecular complexity index is 1010. The van der Waals surface area contributed by atoms with E-state index in [1.54, 1.807) is 25.5 Å². The van der Waals surface area contributed by atoms with Gasteiger partial charge in [0.15, 0.2) is 0 Å². The number of benzene rings is 2. The maximum Gasteiger partial charge on any atom is 0.244 e. The van der Waals surface area contributed by atoms with Crippen molar-refractivity contribution in [1.29, 1.82) is 0 Å². The smallest absolute Gasteiger partial charge is 0.244 e. The number of nitrogens with zero attached hydrogens (tertiary/aromatic N) is 2. The van der Waals surface area contributed by atoms with Gasteiger partial charge in [-0.3, -0.25) is 4.79 Å². The highest BCUT2D eigenvalue weighted by Gasteiger charge is 2.10. The number of nitrogens with one attached hydrogen (secondary N) is 1. The third kappa shape index (κ3) is 4.46. The first-order chi connectivity index (χ1) is 13.5. The van der Waals surface area contributed by atoms with E-state index in [0.717, 1.165) is 34.0 Å². The third-order valence-electron chi connectivity index (χ3n) is 4.45. The molecule has 0 atom stereocenters. The fourth-order valence-corrected chi connectivity index (χ4v) is 3.07. The molecular formula is C22H22FN3O2. The van der Waals surface area contributed by atoms with Crippen LogP contribution >= 0.6 is 0 Å². The Morgan fingerprint density at radius 2 is 1.93 bits per heavy atom. The van der Waals surface area contributed by atoms with Crippen molar-refractivity contribution in [2.24, 2.45) is 5.10 Å². The summed E-state index contributed by atoms with van der Waals surface area (Å²) in [5.74, 6) is 0.200. The van der Waals surface area contributed by atoms with Crippen molar-refractivity contribution in [3.8, 4) is 11.4 Å². The summed E-state index contributed by atoms with van der Waals surface area (Å²) < 4.78 is 20.3. The van der Waals surface area contributed by atoms with Gasteiger partial charge in [-0.2, -0.15) is 5.10 Å². The van der Waals surface area contributed by atoms with Crippen molar-refractivity contribution in [3.05, 3.63) is 82.9 Å². The van der Waals surface area contributed by atoms with Gasteiger partial charge >= 0.3 is 0 Å². The number of aromatic nitrogens is 1. The van der Waals surface area contributed by atoms with E-state index < -0.39 is 0 Å². The minimum atomic E-state index is -0.325. The molecule has 0 radical (unpaired) electrons. The van der Waals surface area contributed by atoms with Gasteiger partial charge in [-0.25, -0.2) is 9.82 Å². The molecule has 1 amide bonds. The number of methoxy groups -OCH3 is 1. The quantitative estimate of drug-likeness (QED) is 0.521. The molecule has 0 aliphatic rings. The Kier molecular flexibility index (Phi) is 5.89. The zero-order valence-electron chi connectivity index (χ0n) is 16.1. The lowest BCUT2D eigenvalue weighted by molar-refractivity contribution is -0.120. The second kappa shape index (κ2) is 8.52. The topological polar surface area (TPSA) is 55.6 Å². The number of carbonyl (C=O) groups is 1. The fraction of sp³-hybridized carbons (Fsp3) is 0.182. The van der Waals surface area contributed by atoms with E-state index in [0.29, 0.717) is 0 Å². The van der Waals surface area contributed by atoms with Crippen molar-refractivity contribution in [2.45, 2.75) is 20.3 Å². The molecule has 6 heteroatoms. The van der Waals surface area contributed by atoms with Crippen LogP contribution in [0.5, 0.6) is 5.75 Å². The summed E-state index contributed by atoms with van der Waals surface area (Å²) in [6, 6.07) is 15.6. The Morgan fingerprint density at radius 1 is 1.18 bits per heavy atom. The first-order valence-corrected chi connectivity index (χ1v) is 8.87. The van der Waals surface area contributed by atoms with Crippen LogP contribution < -0.4 is 10.2 Å². The van der Waals surface area contributed by atoms with Crippen molar-refractivity contribution < 1.29 is 13.9 Å². The highest BCUT2D eigenvalue weighted by Crippen LogP contribution is 2.22. The first kappa shape index (κ1) is 19.4. The number of hydrogen-bond donors (Lipinski definition) is 1. The number of ether oxygens (including phenoxy) is 1. The Balaban J connectivity index is 1.70. The number of hydrazone groups is 1. The molecule has 0 saturated carbocycles. The van der Waals surface area contributed by atoms with E-state index in [2.05, 4.69) is 15.1 Å². The maximum atomic E-state index is 12.9. The zero-order valence-corrected chi connectivity index (χ0v) is 16.1. The van der Waals surface area contributed by atoms with Gasteiger partial charge in [0.05, 0.1) is 19.7 Å². The lowest BCUT2D eigenvalue weighted by atomic mass is 10.1. The van der Waals surface area contributed by atoms with Crippen LogP contribution in [0, 0.1) is 19.7 Å². The van der Waals surface area contributed by atoms with Gasteiger partial charge in [-0.15, -0.1) is 0 Å². The summed E-state index contributed by atoms with van der Waals surface area (Å²) in [7, 11) is 1.64. The summed E-state index contributed by atoms with van der Waals surface area (Å²) >= 11 is 0. The normalized spacial score (nSPS) is 11.0. The molecule has 0 saturated heterocycles. The van der Waals surface area contributed by atoms with Gasteiger partial charge in [0.25, 0.3) is 0 Å². The number of rotatable bonds is 6. The summed E-state index contributed by atoms with van der Waals surface area (Å²) in [5.41, 5.74) is 7.19. The van der Waals surface area contributed by atoms with Crippen LogP contribution in [0.25, 0.3) is 5.69 Å². The van der Waals surface area contributed by atoms with Crippen LogP contribution in [0.2, 0.25) is 0 Å². The molecule has 1 heterocycles. The van der Waals surface area contributed by atoms with E-state index >= 15 is 0 Å². The van der Waals surface area contributed by atoms with Gasteiger partial charge in [-0.05, 0) is 49.7 Å². The monoisotopic (exact) mass is 379 g/mol. The van der Waals surface area contributed by atoms with Gasteiger partial charge in [-0.1, -0.05) is 18.2 Å². The van der Waals surface area contributed by atoms with Crippen molar-refractivity contribution in [1.82, 2.24) is 9.99 Å². The standard InChI is InChI=1S/C22H22FN3O2/c1-15-11-18(16(2)26(15)20-5-4-6-21(13-20)28-3)14-24-25-22(27)12-17-7-9-19(23)10-8-17/h4-11,13-14H,12H2,1-3H3,(H,25,27)/b24-14-. The highest BCUT2D eigenvalue weighted by molar-refractivity contribution is 5.84. The van der Waals surface area contributed by atoms with E-state index in [-0.39, 0.29) is 18.1 Å². The Hall–Kier alpha value is -3.41. The number of hydrogen-bond acceptors (Lipinski definition) is 3. The van der Waals surface area contributed by atoms with Gasteiger partial charge in [0, 0.05) is 28.7 Å². The molecule has 2 aromatic carbocycles. The van der Waals surface area contributed by atoms with Crippen LogP contribution in [-0.4, -0.2) is 23.8 Å². The van der Waals surface area contributed by atoms with E-state index in [4.69, 9.17) is 4.74 Å². The highest BCUT2D eigenvalue weighted by atomic mass is 19.1. The summed E-state index contributed by atoms with van der Waals surface area (Å²) in [6.07, 6.45) is 1.77.